The highest BCUT2D eigenvalue weighted by Crippen LogP contribution is 2.17. The standard InChI is InChI=1S/C20H27N5O2/c26-20(22-19-9-10-21-25(19)17-7-2-1-3-8-17)24-13-6-14-27-18(16-24)15-23-11-4-5-12-23/h1-3,7-10,18H,4-6,11-16H2,(H,22,26)/t18-/m1/s1. The van der Waals surface area contributed by atoms with Gasteiger partial charge in [0.25, 0.3) is 0 Å². The van der Waals surface area contributed by atoms with E-state index in [-0.39, 0.29) is 12.1 Å². The van der Waals surface area contributed by atoms with Crippen LogP contribution in [0.1, 0.15) is 19.3 Å². The van der Waals surface area contributed by atoms with Gasteiger partial charge in [-0.05, 0) is 44.5 Å². The average Bonchev–Trinajstić information content (AvgIpc) is 3.31. The van der Waals surface area contributed by atoms with Gasteiger partial charge in [-0.25, -0.2) is 9.48 Å². The lowest BCUT2D eigenvalue weighted by Gasteiger charge is -2.27. The number of nitrogens with one attached hydrogen (secondary N) is 1. The molecule has 7 nitrogen and oxygen atoms in total. The van der Waals surface area contributed by atoms with Gasteiger partial charge in [-0.2, -0.15) is 5.10 Å². The Morgan fingerprint density at radius 1 is 1.11 bits per heavy atom. The molecule has 2 fully saturated rings. The van der Waals surface area contributed by atoms with Crippen molar-refractivity contribution in [2.45, 2.75) is 25.4 Å². The van der Waals surface area contributed by atoms with E-state index in [2.05, 4.69) is 15.3 Å². The summed E-state index contributed by atoms with van der Waals surface area (Å²) in [5, 5.41) is 7.36. The van der Waals surface area contributed by atoms with Crippen molar-refractivity contribution in [3.8, 4) is 5.69 Å². The molecule has 27 heavy (non-hydrogen) atoms. The number of hydrogen-bond acceptors (Lipinski definition) is 4. The maximum absolute atomic E-state index is 12.9. The van der Waals surface area contributed by atoms with Gasteiger partial charge in [0.1, 0.15) is 5.82 Å². The predicted molar refractivity (Wildman–Crippen MR) is 104 cm³/mol. The van der Waals surface area contributed by atoms with E-state index < -0.39 is 0 Å². The van der Waals surface area contributed by atoms with Crippen LogP contribution >= 0.6 is 0 Å². The molecule has 0 saturated carbocycles. The Morgan fingerprint density at radius 3 is 2.74 bits per heavy atom. The maximum atomic E-state index is 12.9. The minimum Gasteiger partial charge on any atom is -0.375 e. The summed E-state index contributed by atoms with van der Waals surface area (Å²) >= 11 is 0. The number of benzene rings is 1. The number of aromatic nitrogens is 2. The molecule has 3 heterocycles. The van der Waals surface area contributed by atoms with Crippen LogP contribution in [-0.2, 0) is 4.74 Å². The third-order valence-corrected chi connectivity index (χ3v) is 5.18. The fourth-order valence-corrected chi connectivity index (χ4v) is 3.80. The fourth-order valence-electron chi connectivity index (χ4n) is 3.80. The van der Waals surface area contributed by atoms with Crippen molar-refractivity contribution in [1.29, 1.82) is 0 Å². The Kier molecular flexibility index (Phi) is 5.69. The molecule has 4 rings (SSSR count). The Bertz CT molecular complexity index is 742. The zero-order chi connectivity index (χ0) is 18.5. The summed E-state index contributed by atoms with van der Waals surface area (Å²) in [7, 11) is 0. The highest BCUT2D eigenvalue weighted by atomic mass is 16.5. The Balaban J connectivity index is 1.41. The lowest BCUT2D eigenvalue weighted by atomic mass is 10.3. The number of anilines is 1. The molecule has 0 bridgehead atoms. The first-order chi connectivity index (χ1) is 13.3. The molecule has 2 aliphatic heterocycles. The van der Waals surface area contributed by atoms with Gasteiger partial charge in [-0.3, -0.25) is 5.32 Å². The van der Waals surface area contributed by atoms with E-state index >= 15 is 0 Å². The van der Waals surface area contributed by atoms with Gasteiger partial charge in [-0.15, -0.1) is 0 Å². The van der Waals surface area contributed by atoms with Crippen molar-refractivity contribution >= 4 is 11.8 Å². The molecule has 2 amide bonds. The minimum absolute atomic E-state index is 0.0791. The summed E-state index contributed by atoms with van der Waals surface area (Å²) in [6.07, 6.45) is 5.17. The van der Waals surface area contributed by atoms with Crippen molar-refractivity contribution in [1.82, 2.24) is 19.6 Å². The lowest BCUT2D eigenvalue weighted by Crippen LogP contribution is -2.43. The lowest BCUT2D eigenvalue weighted by molar-refractivity contribution is 0.0355. The van der Waals surface area contributed by atoms with Gasteiger partial charge in [0.05, 0.1) is 18.0 Å². The van der Waals surface area contributed by atoms with Gasteiger partial charge in [-0.1, -0.05) is 18.2 Å². The van der Waals surface area contributed by atoms with Gasteiger partial charge in [0.15, 0.2) is 0 Å². The number of hydrogen-bond donors (Lipinski definition) is 1. The molecule has 2 aliphatic rings. The van der Waals surface area contributed by atoms with Gasteiger partial charge in [0.2, 0.25) is 0 Å². The number of ether oxygens (including phenoxy) is 1. The molecule has 2 saturated heterocycles. The van der Waals surface area contributed by atoms with E-state index in [1.54, 1.807) is 10.9 Å². The van der Waals surface area contributed by atoms with Crippen LogP contribution in [0.15, 0.2) is 42.6 Å². The average molecular weight is 369 g/mol. The summed E-state index contributed by atoms with van der Waals surface area (Å²) < 4.78 is 7.74. The number of rotatable bonds is 4. The molecule has 0 radical (unpaired) electrons. The smallest absolute Gasteiger partial charge is 0.323 e. The summed E-state index contributed by atoms with van der Waals surface area (Å²) in [5.41, 5.74) is 0.920. The molecule has 1 N–H and O–H groups in total. The van der Waals surface area contributed by atoms with Crippen LogP contribution in [-0.4, -0.2) is 71.0 Å². The third-order valence-electron chi connectivity index (χ3n) is 5.18. The SMILES string of the molecule is O=C(Nc1ccnn1-c1ccccc1)N1CCCO[C@H](CN2CCCC2)C1. The molecule has 1 aromatic carbocycles. The third kappa shape index (κ3) is 4.48. The Morgan fingerprint density at radius 2 is 1.93 bits per heavy atom. The highest BCUT2D eigenvalue weighted by molar-refractivity contribution is 5.88. The van der Waals surface area contributed by atoms with Gasteiger partial charge in [0, 0.05) is 32.3 Å². The zero-order valence-corrected chi connectivity index (χ0v) is 15.6. The summed E-state index contributed by atoms with van der Waals surface area (Å²) in [4.78, 5) is 17.2. The van der Waals surface area contributed by atoms with Crippen LogP contribution in [0.4, 0.5) is 10.6 Å². The maximum Gasteiger partial charge on any atom is 0.323 e. The highest BCUT2D eigenvalue weighted by Gasteiger charge is 2.26. The van der Waals surface area contributed by atoms with Crippen LogP contribution < -0.4 is 5.32 Å². The van der Waals surface area contributed by atoms with Crippen molar-refractivity contribution in [3.63, 3.8) is 0 Å². The second-order valence-electron chi connectivity index (χ2n) is 7.19. The second kappa shape index (κ2) is 8.54. The van der Waals surface area contributed by atoms with E-state index in [4.69, 9.17) is 4.74 Å². The van der Waals surface area contributed by atoms with E-state index in [0.717, 1.165) is 31.7 Å². The van der Waals surface area contributed by atoms with E-state index in [1.165, 1.54) is 12.8 Å². The van der Waals surface area contributed by atoms with Gasteiger partial charge < -0.3 is 14.5 Å². The van der Waals surface area contributed by atoms with Crippen LogP contribution in [0, 0.1) is 0 Å². The van der Waals surface area contributed by atoms with Gasteiger partial charge >= 0.3 is 6.03 Å². The molecule has 144 valence electrons. The number of carbonyl (C=O) groups excluding carboxylic acids is 1. The van der Waals surface area contributed by atoms with Crippen LogP contribution in [0.3, 0.4) is 0 Å². The molecular weight excluding hydrogens is 342 g/mol. The largest absolute Gasteiger partial charge is 0.375 e. The van der Waals surface area contributed by atoms with E-state index in [1.807, 2.05) is 41.3 Å². The number of para-hydroxylation sites is 1. The number of carbonyl (C=O) groups is 1. The first kappa shape index (κ1) is 18.0. The first-order valence-corrected chi connectivity index (χ1v) is 9.79. The number of amides is 2. The van der Waals surface area contributed by atoms with Crippen molar-refractivity contribution in [2.75, 3.05) is 44.6 Å². The first-order valence-electron chi connectivity index (χ1n) is 9.79. The minimum atomic E-state index is -0.0930. The normalized spacial score (nSPS) is 21.2. The molecule has 0 aliphatic carbocycles. The molecule has 1 aromatic heterocycles. The molecule has 1 atom stereocenters. The number of urea groups is 1. The Hall–Kier alpha value is -2.38. The monoisotopic (exact) mass is 369 g/mol. The van der Waals surface area contributed by atoms with Crippen LogP contribution in [0.25, 0.3) is 5.69 Å². The predicted octanol–water partition coefficient (Wildman–Crippen LogP) is 2.59. The summed E-state index contributed by atoms with van der Waals surface area (Å²) in [5.74, 6) is 0.674. The van der Waals surface area contributed by atoms with E-state index in [9.17, 15) is 4.79 Å². The number of nitrogens with zero attached hydrogens (tertiary/aromatic N) is 4. The molecule has 7 heteroatoms. The number of likely N-dealkylation sites (tertiary alicyclic amines) is 1. The molecule has 0 unspecified atom stereocenters. The second-order valence-corrected chi connectivity index (χ2v) is 7.19. The van der Waals surface area contributed by atoms with Crippen molar-refractivity contribution < 1.29 is 9.53 Å². The zero-order valence-electron chi connectivity index (χ0n) is 15.6. The quantitative estimate of drug-likeness (QED) is 0.900. The Labute approximate surface area is 159 Å². The van der Waals surface area contributed by atoms with Crippen molar-refractivity contribution in [2.24, 2.45) is 0 Å². The topological polar surface area (TPSA) is 62.6 Å². The summed E-state index contributed by atoms with van der Waals surface area (Å²) in [6.45, 7) is 5.24. The van der Waals surface area contributed by atoms with Crippen LogP contribution in [0.2, 0.25) is 0 Å². The van der Waals surface area contributed by atoms with E-state index in [0.29, 0.717) is 25.5 Å². The summed E-state index contributed by atoms with van der Waals surface area (Å²) in [6, 6.07) is 11.5. The van der Waals surface area contributed by atoms with Crippen LogP contribution in [0.5, 0.6) is 0 Å². The fraction of sp³-hybridized carbons (Fsp3) is 0.500. The molecule has 2 aromatic rings. The molecular formula is C20H27N5O2. The van der Waals surface area contributed by atoms with Crippen molar-refractivity contribution in [3.05, 3.63) is 42.6 Å². The molecule has 0 spiro atoms.